The zero-order valence-corrected chi connectivity index (χ0v) is 16.6. The van der Waals surface area contributed by atoms with Crippen LogP contribution in [0.3, 0.4) is 0 Å². The Bertz CT molecular complexity index is 926. The fourth-order valence-corrected chi connectivity index (χ4v) is 2.78. The lowest BCUT2D eigenvalue weighted by Crippen LogP contribution is -3.00. The number of carbonyl (C=O) groups excluding carboxylic acids is 1. The fraction of sp³-hybridized carbons (Fsp3) is 0.375. The molecule has 152 valence electrons. The summed E-state index contributed by atoms with van der Waals surface area (Å²) in [4.78, 5) is 29.5. The van der Waals surface area contributed by atoms with Crippen molar-refractivity contribution in [1.29, 1.82) is 0 Å². The molecule has 0 aromatic carbocycles. The number of ether oxygens (including phenoxy) is 1. The van der Waals surface area contributed by atoms with Crippen molar-refractivity contribution < 1.29 is 57.1 Å². The molecule has 3 atom stereocenters. The molecular formula is C16H17F2IN4O5. The highest BCUT2D eigenvalue weighted by Gasteiger charge is 2.59. The maximum atomic E-state index is 14.4. The van der Waals surface area contributed by atoms with E-state index in [9.17, 15) is 23.5 Å². The molecule has 1 amide bonds. The van der Waals surface area contributed by atoms with Crippen LogP contribution in [0.5, 0.6) is 0 Å². The predicted octanol–water partition coefficient (Wildman–Crippen LogP) is -3.72. The van der Waals surface area contributed by atoms with Gasteiger partial charge < -0.3 is 44.2 Å². The van der Waals surface area contributed by atoms with Crippen LogP contribution in [0.25, 0.3) is 0 Å². The summed E-state index contributed by atoms with van der Waals surface area (Å²) in [6.45, 7) is -0.827. The zero-order valence-electron chi connectivity index (χ0n) is 14.5. The minimum absolute atomic E-state index is 0. The van der Waals surface area contributed by atoms with E-state index >= 15 is 0 Å². The number of hydrogen-bond donors (Lipinski definition) is 4. The fourth-order valence-electron chi connectivity index (χ4n) is 2.78. The second-order valence-electron chi connectivity index (χ2n) is 6.09. The molecule has 2 aromatic heterocycles. The summed E-state index contributed by atoms with van der Waals surface area (Å²) in [5.41, 5.74) is -0.979. The van der Waals surface area contributed by atoms with E-state index in [0.29, 0.717) is 0 Å². The maximum Gasteiger partial charge on any atom is 0.346 e. The number of halogens is 3. The van der Waals surface area contributed by atoms with E-state index in [2.05, 4.69) is 15.3 Å². The SMILES string of the molecule is C[n+]1cccc(C(=O)Nc2[nH]c(=O)ncc2[C@H]2O[C@H](CO)[C@@H](O)C2(F)F)c1.[I-]. The highest BCUT2D eigenvalue weighted by molar-refractivity contribution is 6.03. The summed E-state index contributed by atoms with van der Waals surface area (Å²) < 4.78 is 35.5. The first-order valence-electron chi connectivity index (χ1n) is 7.92. The van der Waals surface area contributed by atoms with Crippen LogP contribution in [0.4, 0.5) is 14.6 Å². The van der Waals surface area contributed by atoms with E-state index in [4.69, 9.17) is 9.84 Å². The van der Waals surface area contributed by atoms with Crippen molar-refractivity contribution in [3.63, 3.8) is 0 Å². The number of nitrogens with zero attached hydrogens (tertiary/aromatic N) is 2. The highest BCUT2D eigenvalue weighted by atomic mass is 127. The summed E-state index contributed by atoms with van der Waals surface area (Å²) >= 11 is 0. The van der Waals surface area contributed by atoms with Gasteiger partial charge in [-0.3, -0.25) is 9.78 Å². The minimum atomic E-state index is -3.77. The third-order valence-electron chi connectivity index (χ3n) is 4.15. The average Bonchev–Trinajstić information content (AvgIpc) is 2.85. The van der Waals surface area contributed by atoms with Crippen LogP contribution in [0.1, 0.15) is 22.0 Å². The zero-order chi connectivity index (χ0) is 19.8. The van der Waals surface area contributed by atoms with Crippen LogP contribution in [0.2, 0.25) is 0 Å². The predicted molar refractivity (Wildman–Crippen MR) is 86.1 cm³/mol. The number of aliphatic hydroxyl groups excluding tert-OH is 2. The van der Waals surface area contributed by atoms with Crippen LogP contribution in [-0.4, -0.2) is 50.8 Å². The number of aromatic amines is 1. The molecule has 9 nitrogen and oxygen atoms in total. The number of rotatable bonds is 4. The van der Waals surface area contributed by atoms with Crippen molar-refractivity contribution in [3.05, 3.63) is 52.3 Å². The lowest BCUT2D eigenvalue weighted by atomic mass is 10.0. The molecule has 3 heterocycles. The summed E-state index contributed by atoms with van der Waals surface area (Å²) in [7, 11) is 1.69. The van der Waals surface area contributed by atoms with Gasteiger partial charge in [0.15, 0.2) is 18.5 Å². The molecule has 28 heavy (non-hydrogen) atoms. The largest absolute Gasteiger partial charge is 1.00 e. The van der Waals surface area contributed by atoms with E-state index in [1.54, 1.807) is 23.9 Å². The molecule has 0 bridgehead atoms. The summed E-state index contributed by atoms with van der Waals surface area (Å²) in [5, 5.41) is 21.1. The number of aryl methyl sites for hydroxylation is 1. The molecule has 4 N–H and O–H groups in total. The van der Waals surface area contributed by atoms with E-state index in [1.807, 2.05) is 0 Å². The monoisotopic (exact) mass is 510 g/mol. The molecule has 0 saturated carbocycles. The summed E-state index contributed by atoms with van der Waals surface area (Å²) in [5.74, 6) is -4.76. The molecule has 0 spiro atoms. The standard InChI is InChI=1S/C16H16F2N4O5.HI/c1-22-4-2-3-8(6-22)14(25)20-13-9(5-19-15(26)21-13)12-16(17,18)11(24)10(7-23)27-12;/h2-6,10-12,23-24H,7H2,1H3,(H-,19,20,21,25,26);1H/t10-,11-,12-;/m1./s1. The summed E-state index contributed by atoms with van der Waals surface area (Å²) in [6.07, 6.45) is -1.76. The van der Waals surface area contributed by atoms with Crippen molar-refractivity contribution >= 4 is 11.7 Å². The van der Waals surface area contributed by atoms with Gasteiger partial charge in [-0.15, -0.1) is 0 Å². The van der Waals surface area contributed by atoms with E-state index < -0.39 is 42.4 Å². The molecule has 3 rings (SSSR count). The topological polar surface area (TPSA) is 128 Å². The number of alkyl halides is 2. The van der Waals surface area contributed by atoms with Crippen LogP contribution in [0.15, 0.2) is 35.5 Å². The third-order valence-corrected chi connectivity index (χ3v) is 4.15. The van der Waals surface area contributed by atoms with Gasteiger partial charge in [0.05, 0.1) is 6.61 Å². The number of H-pyrrole nitrogens is 1. The Morgan fingerprint density at radius 3 is 2.82 bits per heavy atom. The van der Waals surface area contributed by atoms with E-state index in [-0.39, 0.29) is 40.9 Å². The molecule has 1 saturated heterocycles. The molecular weight excluding hydrogens is 493 g/mol. The van der Waals surface area contributed by atoms with Gasteiger partial charge in [-0.2, -0.15) is 0 Å². The number of aromatic nitrogens is 3. The molecule has 0 unspecified atom stereocenters. The average molecular weight is 510 g/mol. The quantitative estimate of drug-likeness (QED) is 0.248. The number of amides is 1. The van der Waals surface area contributed by atoms with Crippen LogP contribution in [-0.2, 0) is 11.8 Å². The number of carbonyl (C=O) groups is 1. The van der Waals surface area contributed by atoms with Crippen molar-refractivity contribution in [3.8, 4) is 0 Å². The first-order chi connectivity index (χ1) is 12.7. The molecule has 0 radical (unpaired) electrons. The normalized spacial score (nSPS) is 23.1. The van der Waals surface area contributed by atoms with Gasteiger partial charge in [0, 0.05) is 17.8 Å². The smallest absolute Gasteiger partial charge is 0.346 e. The van der Waals surface area contributed by atoms with Gasteiger partial charge in [0.1, 0.15) is 30.6 Å². The maximum absolute atomic E-state index is 14.4. The second kappa shape index (κ2) is 8.55. The second-order valence-corrected chi connectivity index (χ2v) is 6.09. The summed E-state index contributed by atoms with van der Waals surface area (Å²) in [6, 6.07) is 3.11. The molecule has 0 aliphatic carbocycles. The number of hydrogen-bond acceptors (Lipinski definition) is 6. The Morgan fingerprint density at radius 2 is 2.21 bits per heavy atom. The van der Waals surface area contributed by atoms with Crippen molar-refractivity contribution in [1.82, 2.24) is 9.97 Å². The Hall–Kier alpha value is -2.03. The number of nitrogens with one attached hydrogen (secondary N) is 2. The number of anilines is 1. The molecule has 12 heteroatoms. The van der Waals surface area contributed by atoms with Crippen LogP contribution >= 0.6 is 0 Å². The lowest BCUT2D eigenvalue weighted by Gasteiger charge is -2.21. The molecule has 2 aromatic rings. The van der Waals surface area contributed by atoms with Crippen molar-refractivity contribution in [2.45, 2.75) is 24.2 Å². The van der Waals surface area contributed by atoms with Gasteiger partial charge in [-0.05, 0) is 6.07 Å². The van der Waals surface area contributed by atoms with Crippen LogP contribution < -0.4 is 39.6 Å². The van der Waals surface area contributed by atoms with E-state index in [0.717, 1.165) is 6.20 Å². The Kier molecular flexibility index (Phi) is 6.80. The Balaban J connectivity index is 0.00000280. The molecule has 1 fully saturated rings. The highest BCUT2D eigenvalue weighted by Crippen LogP contribution is 2.46. The van der Waals surface area contributed by atoms with Gasteiger partial charge in [-0.1, -0.05) is 0 Å². The van der Waals surface area contributed by atoms with Crippen LogP contribution in [0, 0.1) is 0 Å². The van der Waals surface area contributed by atoms with E-state index in [1.165, 1.54) is 12.3 Å². The Morgan fingerprint density at radius 1 is 1.50 bits per heavy atom. The van der Waals surface area contributed by atoms with Crippen molar-refractivity contribution in [2.24, 2.45) is 7.05 Å². The molecule has 1 aliphatic heterocycles. The first kappa shape index (κ1) is 22.3. The van der Waals surface area contributed by atoms with Gasteiger partial charge in [0.2, 0.25) is 0 Å². The number of aliphatic hydroxyl groups is 2. The van der Waals surface area contributed by atoms with Gasteiger partial charge in [0.25, 0.3) is 5.91 Å². The third kappa shape index (κ3) is 4.19. The minimum Gasteiger partial charge on any atom is -1.00 e. The first-order valence-corrected chi connectivity index (χ1v) is 7.92. The molecule has 1 aliphatic rings. The lowest BCUT2D eigenvalue weighted by molar-refractivity contribution is -0.671. The van der Waals surface area contributed by atoms with Gasteiger partial charge in [-0.25, -0.2) is 23.1 Å². The number of pyridine rings is 1. The van der Waals surface area contributed by atoms with Crippen molar-refractivity contribution in [2.75, 3.05) is 11.9 Å². The Labute approximate surface area is 174 Å². The van der Waals surface area contributed by atoms with Gasteiger partial charge >= 0.3 is 11.6 Å².